The molecule has 3 heterocycles. The van der Waals surface area contributed by atoms with E-state index in [9.17, 15) is 4.79 Å². The first-order chi connectivity index (χ1) is 9.33. The van der Waals surface area contributed by atoms with Crippen LogP contribution in [0.3, 0.4) is 0 Å². The van der Waals surface area contributed by atoms with Crippen molar-refractivity contribution in [2.24, 2.45) is 5.92 Å². The topological polar surface area (TPSA) is 41.6 Å². The van der Waals surface area contributed by atoms with E-state index in [1.54, 1.807) is 11.3 Å². The Bertz CT molecular complexity index is 440. The van der Waals surface area contributed by atoms with Crippen LogP contribution in [0.2, 0.25) is 0 Å². The number of amides is 1. The van der Waals surface area contributed by atoms with Gasteiger partial charge in [0.05, 0.1) is 13.2 Å². The number of thiophene rings is 1. The van der Waals surface area contributed by atoms with Crippen LogP contribution in [0.1, 0.15) is 16.9 Å². The summed E-state index contributed by atoms with van der Waals surface area (Å²) in [5.74, 6) is 0.799. The Morgan fingerprint density at radius 1 is 1.58 bits per heavy atom. The summed E-state index contributed by atoms with van der Waals surface area (Å²) in [5.41, 5.74) is 1.33. The Balaban J connectivity index is 1.43. The number of rotatable bonds is 4. The molecule has 2 aliphatic heterocycles. The van der Waals surface area contributed by atoms with E-state index in [0.29, 0.717) is 12.5 Å². The van der Waals surface area contributed by atoms with Crippen molar-refractivity contribution in [3.05, 3.63) is 21.9 Å². The highest BCUT2D eigenvalue weighted by Gasteiger charge is 2.21. The Morgan fingerprint density at radius 3 is 3.37 bits per heavy atom. The van der Waals surface area contributed by atoms with Crippen LogP contribution in [0.25, 0.3) is 0 Å². The van der Waals surface area contributed by atoms with Crippen molar-refractivity contribution in [3.8, 4) is 0 Å². The Kier molecular flexibility index (Phi) is 4.15. The second-order valence-electron chi connectivity index (χ2n) is 5.29. The van der Waals surface area contributed by atoms with Gasteiger partial charge in [-0.05, 0) is 35.8 Å². The van der Waals surface area contributed by atoms with Gasteiger partial charge in [0, 0.05) is 31.1 Å². The van der Waals surface area contributed by atoms with Gasteiger partial charge in [-0.25, -0.2) is 0 Å². The molecular weight excluding hydrogens is 260 g/mol. The van der Waals surface area contributed by atoms with Crippen LogP contribution >= 0.6 is 11.3 Å². The molecule has 1 N–H and O–H groups in total. The van der Waals surface area contributed by atoms with E-state index in [4.69, 9.17) is 4.74 Å². The quantitative estimate of drug-likeness (QED) is 0.903. The maximum absolute atomic E-state index is 12.1. The fourth-order valence-electron chi connectivity index (χ4n) is 2.70. The third-order valence-electron chi connectivity index (χ3n) is 3.89. The van der Waals surface area contributed by atoms with Crippen LogP contribution in [0, 0.1) is 5.92 Å². The second kappa shape index (κ2) is 6.03. The molecule has 1 atom stereocenters. The average molecular weight is 280 g/mol. The lowest BCUT2D eigenvalue weighted by Gasteiger charge is -2.27. The van der Waals surface area contributed by atoms with Crippen LogP contribution in [-0.2, 0) is 22.5 Å². The molecule has 3 rings (SSSR count). The van der Waals surface area contributed by atoms with Crippen molar-refractivity contribution >= 4 is 17.2 Å². The molecule has 1 unspecified atom stereocenters. The van der Waals surface area contributed by atoms with Gasteiger partial charge >= 0.3 is 0 Å². The van der Waals surface area contributed by atoms with Gasteiger partial charge in [-0.2, -0.15) is 0 Å². The third kappa shape index (κ3) is 3.16. The highest BCUT2D eigenvalue weighted by atomic mass is 32.1. The van der Waals surface area contributed by atoms with Crippen LogP contribution in [0.4, 0.5) is 0 Å². The molecule has 0 spiro atoms. The smallest absolute Gasteiger partial charge is 0.236 e. The van der Waals surface area contributed by atoms with E-state index >= 15 is 0 Å². The molecule has 0 radical (unpaired) electrons. The molecule has 0 aromatic carbocycles. The summed E-state index contributed by atoms with van der Waals surface area (Å²) >= 11 is 1.81. The zero-order chi connectivity index (χ0) is 13.1. The van der Waals surface area contributed by atoms with Crippen molar-refractivity contribution in [1.29, 1.82) is 0 Å². The zero-order valence-electron chi connectivity index (χ0n) is 11.1. The summed E-state index contributed by atoms with van der Waals surface area (Å²) in [6.07, 6.45) is 2.12. The lowest BCUT2D eigenvalue weighted by atomic mass is 10.1. The fourth-order valence-corrected chi connectivity index (χ4v) is 3.59. The first-order valence-electron chi connectivity index (χ1n) is 6.94. The number of nitrogens with zero attached hydrogens (tertiary/aromatic N) is 1. The van der Waals surface area contributed by atoms with E-state index in [1.165, 1.54) is 10.4 Å². The number of nitrogens with one attached hydrogen (secondary N) is 1. The molecule has 0 bridgehead atoms. The predicted octanol–water partition coefficient (Wildman–Crippen LogP) is 1.26. The summed E-state index contributed by atoms with van der Waals surface area (Å²) in [5, 5.41) is 5.40. The first-order valence-corrected chi connectivity index (χ1v) is 7.82. The molecule has 5 heteroatoms. The predicted molar refractivity (Wildman–Crippen MR) is 75.2 cm³/mol. The molecule has 2 aliphatic rings. The molecule has 104 valence electrons. The van der Waals surface area contributed by atoms with Gasteiger partial charge in [-0.3, -0.25) is 4.79 Å². The minimum absolute atomic E-state index is 0.218. The van der Waals surface area contributed by atoms with Crippen molar-refractivity contribution in [3.63, 3.8) is 0 Å². The Hall–Kier alpha value is -0.910. The molecule has 1 aromatic heterocycles. The highest BCUT2D eigenvalue weighted by molar-refractivity contribution is 7.10. The normalized spacial score (nSPS) is 22.5. The average Bonchev–Trinajstić information content (AvgIpc) is 3.08. The Labute approximate surface area is 117 Å². The summed E-state index contributed by atoms with van der Waals surface area (Å²) in [4.78, 5) is 15.5. The molecule has 1 amide bonds. The summed E-state index contributed by atoms with van der Waals surface area (Å²) < 4.78 is 5.33. The van der Waals surface area contributed by atoms with Gasteiger partial charge in [0.15, 0.2) is 0 Å². The van der Waals surface area contributed by atoms with E-state index in [0.717, 1.165) is 45.7 Å². The van der Waals surface area contributed by atoms with E-state index in [-0.39, 0.29) is 5.91 Å². The lowest BCUT2D eigenvalue weighted by Crippen LogP contribution is -2.41. The van der Waals surface area contributed by atoms with Gasteiger partial charge in [0.25, 0.3) is 0 Å². The zero-order valence-corrected chi connectivity index (χ0v) is 11.9. The minimum Gasteiger partial charge on any atom is -0.381 e. The molecule has 1 fully saturated rings. The Morgan fingerprint density at radius 2 is 2.53 bits per heavy atom. The molecule has 1 aromatic rings. The third-order valence-corrected chi connectivity index (χ3v) is 4.92. The van der Waals surface area contributed by atoms with E-state index in [2.05, 4.69) is 16.8 Å². The number of carbonyl (C=O) groups is 1. The number of carbonyl (C=O) groups excluding carboxylic acids is 1. The second-order valence-corrected chi connectivity index (χ2v) is 6.30. The largest absolute Gasteiger partial charge is 0.381 e. The van der Waals surface area contributed by atoms with E-state index in [1.807, 2.05) is 4.90 Å². The molecule has 19 heavy (non-hydrogen) atoms. The number of hydrogen-bond acceptors (Lipinski definition) is 4. The summed E-state index contributed by atoms with van der Waals surface area (Å²) in [6.45, 7) is 4.70. The van der Waals surface area contributed by atoms with Crippen molar-refractivity contribution in [2.75, 3.05) is 32.8 Å². The van der Waals surface area contributed by atoms with Crippen LogP contribution in [0.15, 0.2) is 11.4 Å². The van der Waals surface area contributed by atoms with Crippen molar-refractivity contribution in [2.45, 2.75) is 19.4 Å². The standard InChI is InChI=1S/C14H20N2O2S/c17-14(8-15-7-11-2-5-18-10-11)16-4-1-13-12(9-16)3-6-19-13/h3,6,11,15H,1-2,4-5,7-10H2. The van der Waals surface area contributed by atoms with Gasteiger partial charge < -0.3 is 15.0 Å². The summed E-state index contributed by atoms with van der Waals surface area (Å²) in [6, 6.07) is 2.14. The molecule has 0 saturated carbocycles. The van der Waals surface area contributed by atoms with Gasteiger partial charge in [-0.15, -0.1) is 11.3 Å². The molecule has 4 nitrogen and oxygen atoms in total. The number of fused-ring (bicyclic) bond motifs is 1. The van der Waals surface area contributed by atoms with Crippen molar-refractivity contribution in [1.82, 2.24) is 10.2 Å². The van der Waals surface area contributed by atoms with Crippen LogP contribution in [0.5, 0.6) is 0 Å². The maximum Gasteiger partial charge on any atom is 0.236 e. The monoisotopic (exact) mass is 280 g/mol. The van der Waals surface area contributed by atoms with Crippen molar-refractivity contribution < 1.29 is 9.53 Å². The van der Waals surface area contributed by atoms with Gasteiger partial charge in [0.2, 0.25) is 5.91 Å². The SMILES string of the molecule is O=C(CNCC1CCOC1)N1CCc2sccc2C1. The first kappa shape index (κ1) is 13.1. The fraction of sp³-hybridized carbons (Fsp3) is 0.643. The lowest BCUT2D eigenvalue weighted by molar-refractivity contribution is -0.131. The molecule has 1 saturated heterocycles. The minimum atomic E-state index is 0.218. The molecule has 0 aliphatic carbocycles. The van der Waals surface area contributed by atoms with Gasteiger partial charge in [0.1, 0.15) is 0 Å². The summed E-state index contributed by atoms with van der Waals surface area (Å²) in [7, 11) is 0. The maximum atomic E-state index is 12.1. The number of hydrogen-bond donors (Lipinski definition) is 1. The van der Waals surface area contributed by atoms with E-state index < -0.39 is 0 Å². The highest BCUT2D eigenvalue weighted by Crippen LogP contribution is 2.23. The van der Waals surface area contributed by atoms with Crippen LogP contribution in [-0.4, -0.2) is 43.7 Å². The van der Waals surface area contributed by atoms with Crippen LogP contribution < -0.4 is 5.32 Å². The number of ether oxygens (including phenoxy) is 1. The van der Waals surface area contributed by atoms with Gasteiger partial charge in [-0.1, -0.05) is 0 Å². The molecular formula is C14H20N2O2S.